The smallest absolute Gasteiger partial charge is 0.410 e. The van der Waals surface area contributed by atoms with Gasteiger partial charge in [0.1, 0.15) is 5.60 Å². The summed E-state index contributed by atoms with van der Waals surface area (Å²) in [4.78, 5) is 29.3. The summed E-state index contributed by atoms with van der Waals surface area (Å²) in [5.41, 5.74) is 1.34. The number of carboxylic acid groups (broad SMARTS) is 1. The molecule has 1 N–H and O–H groups in total. The molecule has 1 saturated heterocycles. The van der Waals surface area contributed by atoms with Gasteiger partial charge >= 0.3 is 12.1 Å². The van der Waals surface area contributed by atoms with Crippen molar-refractivity contribution < 1.29 is 19.4 Å². The van der Waals surface area contributed by atoms with Crippen LogP contribution in [-0.4, -0.2) is 50.3 Å². The van der Waals surface area contributed by atoms with Crippen molar-refractivity contribution in [2.24, 2.45) is 0 Å². The van der Waals surface area contributed by atoms with Gasteiger partial charge in [0.25, 0.3) is 0 Å². The molecule has 2 heterocycles. The van der Waals surface area contributed by atoms with Gasteiger partial charge in [0.05, 0.1) is 22.9 Å². The van der Waals surface area contributed by atoms with Crippen LogP contribution in [0.3, 0.4) is 0 Å². The van der Waals surface area contributed by atoms with Crippen LogP contribution >= 0.6 is 0 Å². The van der Waals surface area contributed by atoms with Crippen LogP contribution in [0.5, 0.6) is 0 Å². The van der Waals surface area contributed by atoms with Crippen molar-refractivity contribution in [3.63, 3.8) is 0 Å². The van der Waals surface area contributed by atoms with E-state index in [9.17, 15) is 9.59 Å². The van der Waals surface area contributed by atoms with Crippen molar-refractivity contribution in [3.8, 4) is 0 Å². The van der Waals surface area contributed by atoms with Crippen LogP contribution in [0.1, 0.15) is 50.0 Å². The third-order valence-corrected chi connectivity index (χ3v) is 4.33. The largest absolute Gasteiger partial charge is 0.478 e. The normalized spacial score (nSPS) is 16.2. The Morgan fingerprint density at radius 1 is 1.24 bits per heavy atom. The molecule has 1 aliphatic heterocycles. The second-order valence-corrected chi connectivity index (χ2v) is 7.36. The van der Waals surface area contributed by atoms with Crippen molar-refractivity contribution in [1.82, 2.24) is 14.5 Å². The fourth-order valence-corrected chi connectivity index (χ4v) is 3.11. The van der Waals surface area contributed by atoms with Crippen LogP contribution < -0.4 is 0 Å². The third-order valence-electron chi connectivity index (χ3n) is 4.33. The number of imidazole rings is 1. The number of carbonyl (C=O) groups excluding carboxylic acids is 1. The molecule has 1 amide bonds. The summed E-state index contributed by atoms with van der Waals surface area (Å²) in [6.45, 7) is 6.85. The summed E-state index contributed by atoms with van der Waals surface area (Å²) in [7, 11) is 0. The average molecular weight is 345 g/mol. The highest BCUT2D eigenvalue weighted by Crippen LogP contribution is 2.27. The highest BCUT2D eigenvalue weighted by molar-refractivity contribution is 5.92. The van der Waals surface area contributed by atoms with Gasteiger partial charge < -0.3 is 19.3 Å². The molecule has 7 nitrogen and oxygen atoms in total. The van der Waals surface area contributed by atoms with E-state index >= 15 is 0 Å². The van der Waals surface area contributed by atoms with Crippen LogP contribution in [0.4, 0.5) is 4.79 Å². The first-order valence-electron chi connectivity index (χ1n) is 8.42. The molecule has 0 bridgehead atoms. The standard InChI is InChI=1S/C18H23N3O4/c1-18(2,3)25-17(24)20-8-6-13(7-9-20)21-11-19-14-10-12(16(22)23)4-5-15(14)21/h4-5,10-11,13H,6-9H2,1-3H3,(H,22,23). The maximum Gasteiger partial charge on any atom is 0.410 e. The van der Waals surface area contributed by atoms with Crippen molar-refractivity contribution in [2.75, 3.05) is 13.1 Å². The number of ether oxygens (including phenoxy) is 1. The molecule has 2 aromatic rings. The first kappa shape index (κ1) is 17.3. The first-order chi connectivity index (χ1) is 11.7. The number of benzene rings is 1. The van der Waals surface area contributed by atoms with Gasteiger partial charge in [-0.2, -0.15) is 0 Å². The number of carboxylic acids is 1. The average Bonchev–Trinajstić information content (AvgIpc) is 2.96. The second-order valence-electron chi connectivity index (χ2n) is 7.36. The van der Waals surface area contributed by atoms with E-state index in [1.54, 1.807) is 29.4 Å². The maximum absolute atomic E-state index is 12.1. The Hall–Kier alpha value is -2.57. The minimum Gasteiger partial charge on any atom is -0.478 e. The van der Waals surface area contributed by atoms with E-state index in [0.717, 1.165) is 18.4 Å². The van der Waals surface area contributed by atoms with E-state index in [2.05, 4.69) is 9.55 Å². The first-order valence-corrected chi connectivity index (χ1v) is 8.42. The number of hydrogen-bond donors (Lipinski definition) is 1. The van der Waals surface area contributed by atoms with Crippen LogP contribution in [0, 0.1) is 0 Å². The number of likely N-dealkylation sites (tertiary alicyclic amines) is 1. The summed E-state index contributed by atoms with van der Waals surface area (Å²) >= 11 is 0. The highest BCUT2D eigenvalue weighted by atomic mass is 16.6. The third kappa shape index (κ3) is 3.75. The fourth-order valence-electron chi connectivity index (χ4n) is 3.11. The molecule has 0 aliphatic carbocycles. The lowest BCUT2D eigenvalue weighted by Crippen LogP contribution is -2.42. The molecule has 0 radical (unpaired) electrons. The zero-order valence-corrected chi connectivity index (χ0v) is 14.7. The lowest BCUT2D eigenvalue weighted by Gasteiger charge is -2.34. The molecular formula is C18H23N3O4. The van der Waals surface area contributed by atoms with Gasteiger partial charge in [0, 0.05) is 19.1 Å². The SMILES string of the molecule is CC(C)(C)OC(=O)N1CCC(n2cnc3cc(C(=O)O)ccc32)CC1. The minimum absolute atomic E-state index is 0.234. The molecule has 0 saturated carbocycles. The van der Waals surface area contributed by atoms with E-state index in [-0.39, 0.29) is 17.7 Å². The lowest BCUT2D eigenvalue weighted by molar-refractivity contribution is 0.0189. The number of amides is 1. The van der Waals surface area contributed by atoms with Gasteiger partial charge in [-0.15, -0.1) is 0 Å². The molecule has 1 aromatic heterocycles. The van der Waals surface area contributed by atoms with E-state index in [1.807, 2.05) is 20.8 Å². The van der Waals surface area contributed by atoms with Crippen LogP contribution in [-0.2, 0) is 4.74 Å². The predicted octanol–water partition coefficient (Wildman–Crippen LogP) is 3.31. The number of piperidine rings is 1. The fraction of sp³-hybridized carbons (Fsp3) is 0.500. The molecule has 0 spiro atoms. The molecule has 7 heteroatoms. The minimum atomic E-state index is -0.956. The van der Waals surface area contributed by atoms with Crippen LogP contribution in [0.2, 0.25) is 0 Å². The molecule has 1 aromatic carbocycles. The molecule has 0 unspecified atom stereocenters. The molecule has 134 valence electrons. The van der Waals surface area contributed by atoms with Crippen molar-refractivity contribution in [1.29, 1.82) is 0 Å². The molecule has 25 heavy (non-hydrogen) atoms. The number of fused-ring (bicyclic) bond motifs is 1. The van der Waals surface area contributed by atoms with Crippen molar-refractivity contribution in [3.05, 3.63) is 30.1 Å². The van der Waals surface area contributed by atoms with Gasteiger partial charge in [-0.1, -0.05) is 0 Å². The molecule has 1 aliphatic rings. The van der Waals surface area contributed by atoms with E-state index < -0.39 is 11.6 Å². The summed E-state index contributed by atoms with van der Waals surface area (Å²) in [5, 5.41) is 9.08. The number of nitrogens with zero attached hydrogens (tertiary/aromatic N) is 3. The zero-order chi connectivity index (χ0) is 18.2. The number of carbonyl (C=O) groups is 2. The Kier molecular flexibility index (Phi) is 4.41. The predicted molar refractivity (Wildman–Crippen MR) is 92.8 cm³/mol. The van der Waals surface area contributed by atoms with Crippen LogP contribution in [0.25, 0.3) is 11.0 Å². The Labute approximate surface area is 146 Å². The second kappa shape index (κ2) is 6.38. The van der Waals surface area contributed by atoms with E-state index in [1.165, 1.54) is 0 Å². The van der Waals surface area contributed by atoms with Gasteiger partial charge in [0.15, 0.2) is 0 Å². The Bertz CT molecular complexity index is 798. The molecular weight excluding hydrogens is 322 g/mol. The number of hydrogen-bond acceptors (Lipinski definition) is 4. The van der Waals surface area contributed by atoms with E-state index in [4.69, 9.17) is 9.84 Å². The summed E-state index contributed by atoms with van der Waals surface area (Å²) in [6, 6.07) is 5.22. The Morgan fingerprint density at radius 3 is 2.52 bits per heavy atom. The zero-order valence-electron chi connectivity index (χ0n) is 14.7. The Morgan fingerprint density at radius 2 is 1.92 bits per heavy atom. The van der Waals surface area contributed by atoms with Gasteiger partial charge in [-0.25, -0.2) is 14.6 Å². The number of rotatable bonds is 2. The van der Waals surface area contributed by atoms with E-state index in [0.29, 0.717) is 18.6 Å². The summed E-state index contributed by atoms with van der Waals surface area (Å²) in [6.07, 6.45) is 3.11. The lowest BCUT2D eigenvalue weighted by atomic mass is 10.0. The van der Waals surface area contributed by atoms with Crippen LogP contribution in [0.15, 0.2) is 24.5 Å². The molecule has 1 fully saturated rings. The summed E-state index contributed by atoms with van der Waals surface area (Å²) < 4.78 is 7.50. The van der Waals surface area contributed by atoms with Gasteiger partial charge in [-0.05, 0) is 51.8 Å². The monoisotopic (exact) mass is 345 g/mol. The number of aromatic nitrogens is 2. The van der Waals surface area contributed by atoms with Gasteiger partial charge in [-0.3, -0.25) is 0 Å². The van der Waals surface area contributed by atoms with Crippen molar-refractivity contribution in [2.45, 2.75) is 45.3 Å². The van der Waals surface area contributed by atoms with Gasteiger partial charge in [0.2, 0.25) is 0 Å². The quantitative estimate of drug-likeness (QED) is 0.902. The summed E-state index contributed by atoms with van der Waals surface area (Å²) in [5.74, 6) is -0.956. The topological polar surface area (TPSA) is 84.7 Å². The molecule has 0 atom stereocenters. The van der Waals surface area contributed by atoms with Crippen molar-refractivity contribution >= 4 is 23.1 Å². The maximum atomic E-state index is 12.1. The number of aromatic carboxylic acids is 1. The molecule has 3 rings (SSSR count). The Balaban J connectivity index is 1.70. The highest BCUT2D eigenvalue weighted by Gasteiger charge is 2.28.